The number of carbonyl (C=O) groups excluding carboxylic acids is 1. The fourth-order valence-corrected chi connectivity index (χ4v) is 5.40. The Morgan fingerprint density at radius 1 is 1.32 bits per heavy atom. The van der Waals surface area contributed by atoms with Crippen molar-refractivity contribution >= 4 is 29.2 Å². The number of Topliss-reactive ketones (excluding diaryl/α,β-unsaturated/α-hetero) is 1. The Morgan fingerprint density at radius 2 is 1.97 bits per heavy atom. The van der Waals surface area contributed by atoms with Crippen LogP contribution in [0.5, 0.6) is 0 Å². The summed E-state index contributed by atoms with van der Waals surface area (Å²) >= 11 is 1.41. The highest BCUT2D eigenvalue weighted by Gasteiger charge is 2.51. The molecule has 1 aromatic rings. The third kappa shape index (κ3) is 8.40. The van der Waals surface area contributed by atoms with Crippen molar-refractivity contribution in [3.8, 4) is 0 Å². The minimum Gasteiger partial charge on any atom is -0.481 e. The van der Waals surface area contributed by atoms with Gasteiger partial charge in [0.05, 0.1) is 48.0 Å². The number of rotatable bonds is 16. The fourth-order valence-electron chi connectivity index (χ4n) is 4.79. The zero-order valence-corrected chi connectivity index (χ0v) is 23.6. The van der Waals surface area contributed by atoms with Gasteiger partial charge in [0.25, 0.3) is 0 Å². The zero-order valence-electron chi connectivity index (χ0n) is 22.8. The van der Waals surface area contributed by atoms with E-state index >= 15 is 0 Å². The molecule has 10 heteroatoms. The van der Waals surface area contributed by atoms with Crippen LogP contribution in [-0.2, 0) is 20.9 Å². The van der Waals surface area contributed by atoms with Gasteiger partial charge in [-0.3, -0.25) is 9.59 Å². The Balaban J connectivity index is 1.81. The number of nitrogens with zero attached hydrogens (tertiary/aromatic N) is 1. The van der Waals surface area contributed by atoms with Crippen LogP contribution in [0.2, 0.25) is 0 Å². The molecule has 0 bridgehead atoms. The second-order valence-electron chi connectivity index (χ2n) is 11.3. The number of carboxylic acids is 1. The predicted molar refractivity (Wildman–Crippen MR) is 143 cm³/mol. The third-order valence-electron chi connectivity index (χ3n) is 7.85. The standard InChI is InChI=1S/C27H44N2O7S/c1-15(24(34)17(3)25(35)26(4,5)20(31)12-23(32)33)8-7-9-27(6)21(36-27)11-19(28)16(2)10-18-14-37-22(13-30)29-18/h10,14-15,17,19-21,24,30-31,34H,7-9,11-13,28H2,1-6H3,(H,32,33)/b16-10+/t15?,17?,19-,20?,21-,24-,27+/m0/s1. The third-order valence-corrected chi connectivity index (χ3v) is 8.70. The van der Waals surface area contributed by atoms with E-state index in [1.807, 2.05) is 25.3 Å². The van der Waals surface area contributed by atoms with Crippen LogP contribution in [0.15, 0.2) is 11.0 Å². The van der Waals surface area contributed by atoms with Crippen LogP contribution in [0.3, 0.4) is 0 Å². The summed E-state index contributed by atoms with van der Waals surface area (Å²) in [5, 5.41) is 41.7. The van der Waals surface area contributed by atoms with Crippen molar-refractivity contribution < 1.29 is 34.8 Å². The molecule has 1 fully saturated rings. The molecule has 2 rings (SSSR count). The van der Waals surface area contributed by atoms with Crippen molar-refractivity contribution in [2.24, 2.45) is 23.0 Å². The molecule has 2 heterocycles. The van der Waals surface area contributed by atoms with Gasteiger partial charge in [0, 0.05) is 17.3 Å². The Kier molecular flexibility index (Phi) is 11.0. The average Bonchev–Trinajstić information content (AvgIpc) is 3.23. The van der Waals surface area contributed by atoms with E-state index in [2.05, 4.69) is 11.9 Å². The minimum absolute atomic E-state index is 0.0477. The van der Waals surface area contributed by atoms with E-state index in [-0.39, 0.29) is 36.1 Å². The topological polar surface area (TPSA) is 166 Å². The van der Waals surface area contributed by atoms with Gasteiger partial charge >= 0.3 is 5.97 Å². The molecule has 0 aromatic carbocycles. The van der Waals surface area contributed by atoms with E-state index in [1.165, 1.54) is 25.2 Å². The SMILES string of the molecule is C/C(=C\c1csc(CO)n1)[C@@H](N)C[C@@H]1O[C@]1(C)CCCC(C)[C@H](O)C(C)C(=O)C(C)(C)C(O)CC(=O)O. The van der Waals surface area contributed by atoms with Crippen LogP contribution in [0.4, 0.5) is 0 Å². The fraction of sp³-hybridized carbons (Fsp3) is 0.741. The van der Waals surface area contributed by atoms with Crippen molar-refractivity contribution in [2.75, 3.05) is 0 Å². The lowest BCUT2D eigenvalue weighted by atomic mass is 9.73. The zero-order chi connectivity index (χ0) is 28.1. The van der Waals surface area contributed by atoms with Gasteiger partial charge in [-0.15, -0.1) is 11.3 Å². The van der Waals surface area contributed by atoms with E-state index < -0.39 is 35.9 Å². The number of aliphatic hydroxyl groups excluding tert-OH is 3. The van der Waals surface area contributed by atoms with Crippen molar-refractivity contribution in [3.63, 3.8) is 0 Å². The summed E-state index contributed by atoms with van der Waals surface area (Å²) in [6.45, 7) is 10.5. The van der Waals surface area contributed by atoms with Gasteiger partial charge < -0.3 is 30.9 Å². The molecule has 37 heavy (non-hydrogen) atoms. The molecule has 3 unspecified atom stereocenters. The molecule has 0 amide bonds. The number of carboxylic acid groups (broad SMARTS) is 1. The minimum atomic E-state index is -1.32. The largest absolute Gasteiger partial charge is 0.481 e. The van der Waals surface area contributed by atoms with Crippen molar-refractivity contribution in [1.82, 2.24) is 4.98 Å². The lowest BCUT2D eigenvalue weighted by Gasteiger charge is -2.34. The van der Waals surface area contributed by atoms with Gasteiger partial charge in [-0.2, -0.15) is 0 Å². The van der Waals surface area contributed by atoms with E-state index in [0.717, 1.165) is 24.1 Å². The summed E-state index contributed by atoms with van der Waals surface area (Å²) < 4.78 is 5.98. The van der Waals surface area contributed by atoms with Crippen LogP contribution < -0.4 is 5.73 Å². The predicted octanol–water partition coefficient (Wildman–Crippen LogP) is 3.15. The van der Waals surface area contributed by atoms with Gasteiger partial charge in [-0.1, -0.05) is 39.7 Å². The Bertz CT molecular complexity index is 962. The molecule has 9 nitrogen and oxygen atoms in total. The number of hydrogen-bond donors (Lipinski definition) is 5. The first-order valence-corrected chi connectivity index (χ1v) is 13.8. The number of aromatic nitrogens is 1. The summed E-state index contributed by atoms with van der Waals surface area (Å²) in [6.07, 6.45) is 2.25. The molecule has 1 aliphatic rings. The molecule has 0 aliphatic carbocycles. The summed E-state index contributed by atoms with van der Waals surface area (Å²) in [5.41, 5.74) is 6.65. The first kappa shape index (κ1) is 31.5. The molecule has 1 saturated heterocycles. The maximum atomic E-state index is 12.9. The van der Waals surface area contributed by atoms with E-state index in [4.69, 9.17) is 15.6 Å². The average molecular weight is 541 g/mol. The van der Waals surface area contributed by atoms with E-state index in [9.17, 15) is 24.9 Å². The van der Waals surface area contributed by atoms with Gasteiger partial charge in [0.15, 0.2) is 0 Å². The molecule has 0 radical (unpaired) electrons. The number of carbonyl (C=O) groups is 2. The molecule has 0 spiro atoms. The summed E-state index contributed by atoms with van der Waals surface area (Å²) in [5.74, 6) is -2.40. The number of ketones is 1. The highest BCUT2D eigenvalue weighted by Crippen LogP contribution is 2.44. The van der Waals surface area contributed by atoms with Gasteiger partial charge in [0.2, 0.25) is 0 Å². The Hall–Kier alpha value is -1.69. The molecule has 6 N–H and O–H groups in total. The first-order valence-electron chi connectivity index (χ1n) is 12.9. The summed E-state index contributed by atoms with van der Waals surface area (Å²) in [7, 11) is 0. The van der Waals surface area contributed by atoms with Crippen molar-refractivity contribution in [3.05, 3.63) is 21.7 Å². The highest BCUT2D eigenvalue weighted by molar-refractivity contribution is 7.09. The van der Waals surface area contributed by atoms with Crippen molar-refractivity contribution in [2.45, 2.75) is 110 Å². The summed E-state index contributed by atoms with van der Waals surface area (Å²) in [6, 6.07) is -0.168. The smallest absolute Gasteiger partial charge is 0.306 e. The van der Waals surface area contributed by atoms with Crippen LogP contribution in [-0.4, -0.2) is 67.1 Å². The lowest BCUT2D eigenvalue weighted by molar-refractivity contribution is -0.147. The number of aliphatic hydroxyl groups is 3. The monoisotopic (exact) mass is 540 g/mol. The van der Waals surface area contributed by atoms with Crippen LogP contribution >= 0.6 is 11.3 Å². The number of ether oxygens (including phenoxy) is 1. The Labute approximate surface area is 223 Å². The molecular weight excluding hydrogens is 496 g/mol. The molecule has 7 atom stereocenters. The number of hydrogen-bond acceptors (Lipinski definition) is 9. The van der Waals surface area contributed by atoms with Crippen LogP contribution in [0.25, 0.3) is 6.08 Å². The lowest BCUT2D eigenvalue weighted by Crippen LogP contribution is -2.45. The summed E-state index contributed by atoms with van der Waals surface area (Å²) in [4.78, 5) is 28.2. The van der Waals surface area contributed by atoms with Gasteiger partial charge in [-0.25, -0.2) is 4.98 Å². The highest BCUT2D eigenvalue weighted by atomic mass is 32.1. The number of epoxide rings is 1. The molecule has 1 aliphatic heterocycles. The maximum Gasteiger partial charge on any atom is 0.306 e. The number of aliphatic carboxylic acids is 1. The quantitative estimate of drug-likeness (QED) is 0.198. The second-order valence-corrected chi connectivity index (χ2v) is 12.3. The Morgan fingerprint density at radius 3 is 2.54 bits per heavy atom. The van der Waals surface area contributed by atoms with Crippen LogP contribution in [0.1, 0.15) is 84.3 Å². The molecular formula is C27H44N2O7S. The first-order chi connectivity index (χ1) is 17.1. The van der Waals surface area contributed by atoms with E-state index in [1.54, 1.807) is 6.92 Å². The van der Waals surface area contributed by atoms with Gasteiger partial charge in [0.1, 0.15) is 10.8 Å². The number of nitrogens with two attached hydrogens (primary N) is 1. The van der Waals surface area contributed by atoms with Gasteiger partial charge in [-0.05, 0) is 45.1 Å². The second kappa shape index (κ2) is 12.9. The molecule has 1 aromatic heterocycles. The maximum absolute atomic E-state index is 12.9. The normalized spacial score (nSPS) is 24.3. The van der Waals surface area contributed by atoms with Crippen molar-refractivity contribution in [1.29, 1.82) is 0 Å². The molecule has 0 saturated carbocycles. The number of thiazole rings is 1. The van der Waals surface area contributed by atoms with E-state index in [0.29, 0.717) is 17.8 Å². The van der Waals surface area contributed by atoms with Crippen LogP contribution in [0, 0.1) is 17.3 Å². The molecule has 210 valence electrons.